The maximum atomic E-state index is 13.6. The van der Waals surface area contributed by atoms with E-state index in [2.05, 4.69) is 16.6 Å². The SMILES string of the molecule is C=C1/C=C(F)\C=C/C/C(C2CCN(CCCOc3ccc4c(c3)OC(=O)C[C@H]4C(F)(F)F)CC2)=N\O1. The zero-order valence-electron chi connectivity index (χ0n) is 19.7. The lowest BCUT2D eigenvalue weighted by Gasteiger charge is -2.32. The summed E-state index contributed by atoms with van der Waals surface area (Å²) in [5.74, 6) is -2.51. The Morgan fingerprint density at radius 2 is 2.00 bits per heavy atom. The normalized spacial score (nSPS) is 25.6. The third-order valence-corrected chi connectivity index (χ3v) is 6.48. The molecule has 0 unspecified atom stereocenters. The van der Waals surface area contributed by atoms with Gasteiger partial charge in [-0.1, -0.05) is 23.9 Å². The van der Waals surface area contributed by atoms with Crippen molar-refractivity contribution in [2.45, 2.75) is 44.2 Å². The first-order valence-corrected chi connectivity index (χ1v) is 11.9. The third-order valence-electron chi connectivity index (χ3n) is 6.48. The van der Waals surface area contributed by atoms with Crippen LogP contribution in [-0.4, -0.2) is 49.0 Å². The molecule has 1 atom stereocenters. The lowest BCUT2D eigenvalue weighted by atomic mass is 9.90. The molecule has 6 nitrogen and oxygen atoms in total. The highest BCUT2D eigenvalue weighted by atomic mass is 19.4. The molecular weight excluding hydrogens is 480 g/mol. The largest absolute Gasteiger partial charge is 0.493 e. The summed E-state index contributed by atoms with van der Waals surface area (Å²) in [5.41, 5.74) is 0.827. The van der Waals surface area contributed by atoms with Crippen molar-refractivity contribution in [3.63, 3.8) is 0 Å². The summed E-state index contributed by atoms with van der Waals surface area (Å²) in [6.45, 7) is 6.55. The lowest BCUT2D eigenvalue weighted by Crippen LogP contribution is -2.37. The van der Waals surface area contributed by atoms with Crippen LogP contribution in [0.4, 0.5) is 17.6 Å². The number of hydrogen-bond acceptors (Lipinski definition) is 6. The van der Waals surface area contributed by atoms with Crippen LogP contribution >= 0.6 is 0 Å². The summed E-state index contributed by atoms with van der Waals surface area (Å²) in [5, 5.41) is 4.19. The van der Waals surface area contributed by atoms with Crippen molar-refractivity contribution in [2.75, 3.05) is 26.2 Å². The van der Waals surface area contributed by atoms with E-state index in [1.807, 2.05) is 0 Å². The van der Waals surface area contributed by atoms with Crippen molar-refractivity contribution in [3.8, 4) is 11.5 Å². The molecule has 0 radical (unpaired) electrons. The van der Waals surface area contributed by atoms with Gasteiger partial charge in [0.2, 0.25) is 0 Å². The molecule has 1 fully saturated rings. The zero-order chi connectivity index (χ0) is 25.7. The maximum absolute atomic E-state index is 13.6. The van der Waals surface area contributed by atoms with E-state index < -0.39 is 30.3 Å². The number of esters is 1. The second kappa shape index (κ2) is 11.3. The van der Waals surface area contributed by atoms with Crippen LogP contribution in [0.1, 0.15) is 43.6 Å². The number of piperidine rings is 1. The van der Waals surface area contributed by atoms with E-state index >= 15 is 0 Å². The lowest BCUT2D eigenvalue weighted by molar-refractivity contribution is -0.165. The Bertz CT molecular complexity index is 1070. The molecule has 1 saturated heterocycles. The number of alkyl halides is 3. The number of oxime groups is 1. The summed E-state index contributed by atoms with van der Waals surface area (Å²) in [6, 6.07) is 4.15. The van der Waals surface area contributed by atoms with Gasteiger partial charge < -0.3 is 19.2 Å². The van der Waals surface area contributed by atoms with Gasteiger partial charge in [0.15, 0.2) is 5.76 Å². The van der Waals surface area contributed by atoms with E-state index in [-0.39, 0.29) is 23.0 Å². The predicted molar refractivity (Wildman–Crippen MR) is 125 cm³/mol. The van der Waals surface area contributed by atoms with Gasteiger partial charge in [-0.2, -0.15) is 13.2 Å². The Kier molecular flexibility index (Phi) is 8.13. The molecule has 0 aliphatic carbocycles. The van der Waals surface area contributed by atoms with Gasteiger partial charge >= 0.3 is 12.1 Å². The molecule has 4 rings (SSSR count). The number of rotatable bonds is 6. The Morgan fingerprint density at radius 1 is 1.22 bits per heavy atom. The highest BCUT2D eigenvalue weighted by Crippen LogP contribution is 2.45. The van der Waals surface area contributed by atoms with E-state index in [9.17, 15) is 22.4 Å². The summed E-state index contributed by atoms with van der Waals surface area (Å²) < 4.78 is 64.1. The van der Waals surface area contributed by atoms with Crippen LogP contribution < -0.4 is 9.47 Å². The number of halogens is 4. The number of hydrogen-bond donors (Lipinski definition) is 0. The molecule has 0 spiro atoms. The smallest absolute Gasteiger partial charge is 0.396 e. The number of ether oxygens (including phenoxy) is 2. The fourth-order valence-corrected chi connectivity index (χ4v) is 4.60. The van der Waals surface area contributed by atoms with Gasteiger partial charge in [-0.05, 0) is 44.5 Å². The molecule has 0 saturated carbocycles. The molecule has 1 aromatic carbocycles. The van der Waals surface area contributed by atoms with Crippen LogP contribution in [0, 0.1) is 5.92 Å². The number of fused-ring (bicyclic) bond motifs is 1. The number of carbonyl (C=O) groups excluding carboxylic acids is 1. The van der Waals surface area contributed by atoms with Gasteiger partial charge in [0, 0.05) is 36.6 Å². The topological polar surface area (TPSA) is 60.4 Å². The van der Waals surface area contributed by atoms with Gasteiger partial charge in [-0.15, -0.1) is 0 Å². The molecule has 3 aliphatic rings. The van der Waals surface area contributed by atoms with Gasteiger partial charge in [0.05, 0.1) is 24.7 Å². The molecule has 1 aromatic rings. The van der Waals surface area contributed by atoms with Crippen molar-refractivity contribution in [3.05, 3.63) is 60.2 Å². The van der Waals surface area contributed by atoms with Crippen LogP contribution in [-0.2, 0) is 9.63 Å². The van der Waals surface area contributed by atoms with Gasteiger partial charge in [0.1, 0.15) is 17.3 Å². The van der Waals surface area contributed by atoms with E-state index in [1.54, 1.807) is 6.08 Å². The average molecular weight is 509 g/mol. The van der Waals surface area contributed by atoms with Gasteiger partial charge in [0.25, 0.3) is 0 Å². The zero-order valence-corrected chi connectivity index (χ0v) is 19.7. The number of benzene rings is 1. The van der Waals surface area contributed by atoms with E-state index in [0.717, 1.165) is 44.6 Å². The highest BCUT2D eigenvalue weighted by molar-refractivity contribution is 5.87. The van der Waals surface area contributed by atoms with Crippen LogP contribution in [0.15, 0.2) is 59.7 Å². The molecule has 194 valence electrons. The minimum Gasteiger partial charge on any atom is -0.493 e. The molecule has 0 aromatic heterocycles. The summed E-state index contributed by atoms with van der Waals surface area (Å²) in [4.78, 5) is 19.2. The average Bonchev–Trinajstić information content (AvgIpc) is 2.90. The predicted octanol–water partition coefficient (Wildman–Crippen LogP) is 5.82. The van der Waals surface area contributed by atoms with E-state index in [1.165, 1.54) is 30.4 Å². The minimum absolute atomic E-state index is 0.0477. The quantitative estimate of drug-likeness (QED) is 0.210. The first-order chi connectivity index (χ1) is 17.2. The Labute approximate surface area is 206 Å². The van der Waals surface area contributed by atoms with Crippen LogP contribution in [0.2, 0.25) is 0 Å². The number of carbonyl (C=O) groups is 1. The molecule has 0 N–H and O–H groups in total. The summed E-state index contributed by atoms with van der Waals surface area (Å²) in [6.07, 6.45) is 2.15. The molecule has 0 amide bonds. The van der Waals surface area contributed by atoms with E-state index in [0.29, 0.717) is 18.8 Å². The first-order valence-electron chi connectivity index (χ1n) is 11.9. The maximum Gasteiger partial charge on any atom is 0.396 e. The van der Waals surface area contributed by atoms with Gasteiger partial charge in [-0.25, -0.2) is 4.39 Å². The van der Waals surface area contributed by atoms with Crippen LogP contribution in [0.5, 0.6) is 11.5 Å². The van der Waals surface area contributed by atoms with Crippen molar-refractivity contribution in [2.24, 2.45) is 11.1 Å². The number of allylic oxidation sites excluding steroid dienone is 4. The molecular formula is C26H28F4N2O4. The fraction of sp³-hybridized carbons (Fsp3) is 0.462. The standard InChI is InChI=1S/C26H28F4N2O4/c1-17-14-19(27)4-2-5-23(31-36-17)18-8-11-32(12-9-18)10-3-13-34-20-6-7-21-22(26(28,29)30)16-25(33)35-24(21)15-20/h2,4,6-7,14-15,18,22H,1,3,5,8-13,16H2/b4-2-,19-14+,31-23+/t22-/m1/s1. The molecule has 10 heteroatoms. The number of likely N-dealkylation sites (tertiary alicyclic amines) is 1. The van der Waals surface area contributed by atoms with Crippen molar-refractivity contribution >= 4 is 11.7 Å². The monoisotopic (exact) mass is 508 g/mol. The van der Waals surface area contributed by atoms with Crippen molar-refractivity contribution in [1.29, 1.82) is 0 Å². The fourth-order valence-electron chi connectivity index (χ4n) is 4.60. The van der Waals surface area contributed by atoms with E-state index in [4.69, 9.17) is 14.3 Å². The van der Waals surface area contributed by atoms with Crippen molar-refractivity contribution in [1.82, 2.24) is 4.90 Å². The summed E-state index contributed by atoms with van der Waals surface area (Å²) in [7, 11) is 0. The molecule has 3 aliphatic heterocycles. The van der Waals surface area contributed by atoms with Crippen LogP contribution in [0.25, 0.3) is 0 Å². The Hall–Kier alpha value is -3.14. The van der Waals surface area contributed by atoms with Crippen molar-refractivity contribution < 1.29 is 36.7 Å². The first kappa shape index (κ1) is 25.9. The third kappa shape index (κ3) is 6.75. The highest BCUT2D eigenvalue weighted by Gasteiger charge is 2.46. The second-order valence-corrected chi connectivity index (χ2v) is 9.07. The summed E-state index contributed by atoms with van der Waals surface area (Å²) >= 11 is 0. The van der Waals surface area contributed by atoms with Gasteiger partial charge in [-0.3, -0.25) is 4.79 Å². The Balaban J connectivity index is 1.22. The Morgan fingerprint density at radius 3 is 2.75 bits per heavy atom. The number of nitrogens with zero attached hydrogens (tertiary/aromatic N) is 2. The molecule has 3 heterocycles. The molecule has 0 bridgehead atoms. The van der Waals surface area contributed by atoms with Crippen LogP contribution in [0.3, 0.4) is 0 Å². The minimum atomic E-state index is -4.52. The second-order valence-electron chi connectivity index (χ2n) is 9.07. The molecule has 36 heavy (non-hydrogen) atoms.